The SMILES string of the molecule is CCc1occc1C(=O)N1CCCC(Br)C1. The Balaban J connectivity index is 2.12. The maximum absolute atomic E-state index is 12.2. The van der Waals surface area contributed by atoms with Gasteiger partial charge in [0.1, 0.15) is 5.76 Å². The minimum atomic E-state index is 0.106. The zero-order chi connectivity index (χ0) is 11.5. The molecule has 0 spiro atoms. The number of halogens is 1. The van der Waals surface area contributed by atoms with Gasteiger partial charge in [0, 0.05) is 24.3 Å². The number of nitrogens with zero attached hydrogens (tertiary/aromatic N) is 1. The van der Waals surface area contributed by atoms with E-state index in [2.05, 4.69) is 15.9 Å². The number of carbonyl (C=O) groups is 1. The minimum Gasteiger partial charge on any atom is -0.469 e. The van der Waals surface area contributed by atoms with Crippen molar-refractivity contribution >= 4 is 21.8 Å². The van der Waals surface area contributed by atoms with Crippen LogP contribution in [0.3, 0.4) is 0 Å². The lowest BCUT2D eigenvalue weighted by atomic mass is 10.1. The highest BCUT2D eigenvalue weighted by molar-refractivity contribution is 9.09. The second-order valence-corrected chi connectivity index (χ2v) is 5.40. The molecule has 1 atom stereocenters. The van der Waals surface area contributed by atoms with Crippen LogP contribution in [0, 0.1) is 0 Å². The Bertz CT molecular complexity index is 375. The third kappa shape index (κ3) is 2.32. The average molecular weight is 286 g/mol. The van der Waals surface area contributed by atoms with Crippen LogP contribution >= 0.6 is 15.9 Å². The normalized spacial score (nSPS) is 21.1. The smallest absolute Gasteiger partial charge is 0.257 e. The Labute approximate surface area is 104 Å². The molecule has 88 valence electrons. The lowest BCUT2D eigenvalue weighted by molar-refractivity contribution is 0.0727. The lowest BCUT2D eigenvalue weighted by Gasteiger charge is -2.29. The summed E-state index contributed by atoms with van der Waals surface area (Å²) in [5.74, 6) is 0.899. The molecule has 1 aliphatic heterocycles. The Morgan fingerprint density at radius 1 is 1.69 bits per heavy atom. The van der Waals surface area contributed by atoms with E-state index >= 15 is 0 Å². The first-order valence-electron chi connectivity index (χ1n) is 5.72. The first-order chi connectivity index (χ1) is 7.72. The van der Waals surface area contributed by atoms with Gasteiger partial charge >= 0.3 is 0 Å². The number of rotatable bonds is 2. The van der Waals surface area contributed by atoms with Crippen LogP contribution in [0.1, 0.15) is 35.9 Å². The van der Waals surface area contributed by atoms with Gasteiger partial charge in [0.25, 0.3) is 5.91 Å². The highest BCUT2D eigenvalue weighted by Gasteiger charge is 2.25. The molecule has 1 aromatic heterocycles. The molecule has 0 radical (unpaired) electrons. The van der Waals surface area contributed by atoms with Gasteiger partial charge < -0.3 is 9.32 Å². The van der Waals surface area contributed by atoms with Gasteiger partial charge in [-0.1, -0.05) is 22.9 Å². The van der Waals surface area contributed by atoms with Crippen molar-refractivity contribution in [2.45, 2.75) is 31.0 Å². The van der Waals surface area contributed by atoms with E-state index in [1.807, 2.05) is 11.8 Å². The number of hydrogen-bond acceptors (Lipinski definition) is 2. The fourth-order valence-electron chi connectivity index (χ4n) is 2.09. The Morgan fingerprint density at radius 3 is 3.19 bits per heavy atom. The predicted molar refractivity (Wildman–Crippen MR) is 65.9 cm³/mol. The molecule has 3 nitrogen and oxygen atoms in total. The second kappa shape index (κ2) is 5.04. The second-order valence-electron chi connectivity index (χ2n) is 4.10. The molecule has 0 N–H and O–H groups in total. The van der Waals surface area contributed by atoms with E-state index in [1.54, 1.807) is 12.3 Å². The van der Waals surface area contributed by atoms with Crippen LogP contribution < -0.4 is 0 Å². The fourth-order valence-corrected chi connectivity index (χ4v) is 2.76. The molecule has 1 aliphatic rings. The van der Waals surface area contributed by atoms with Gasteiger partial charge in [-0.2, -0.15) is 0 Å². The number of furan rings is 1. The lowest BCUT2D eigenvalue weighted by Crippen LogP contribution is -2.40. The van der Waals surface area contributed by atoms with Gasteiger partial charge in [0.05, 0.1) is 11.8 Å². The summed E-state index contributed by atoms with van der Waals surface area (Å²) in [6, 6.07) is 1.78. The average Bonchev–Trinajstić information content (AvgIpc) is 2.76. The summed E-state index contributed by atoms with van der Waals surface area (Å²) in [6.45, 7) is 3.65. The maximum Gasteiger partial charge on any atom is 0.257 e. The summed E-state index contributed by atoms with van der Waals surface area (Å²) >= 11 is 3.58. The van der Waals surface area contributed by atoms with E-state index in [0.717, 1.165) is 43.7 Å². The standard InChI is InChI=1S/C12H16BrNO2/c1-2-11-10(5-7-16-11)12(15)14-6-3-4-9(13)8-14/h5,7,9H,2-4,6,8H2,1H3. The largest absolute Gasteiger partial charge is 0.469 e. The molecule has 0 aliphatic carbocycles. The van der Waals surface area contributed by atoms with Crippen LogP contribution in [-0.2, 0) is 6.42 Å². The van der Waals surface area contributed by atoms with Crippen LogP contribution in [0.2, 0.25) is 0 Å². The topological polar surface area (TPSA) is 33.5 Å². The van der Waals surface area contributed by atoms with E-state index in [1.165, 1.54) is 0 Å². The summed E-state index contributed by atoms with van der Waals surface area (Å²) in [6.07, 6.45) is 4.58. The molecule has 1 saturated heterocycles. The van der Waals surface area contributed by atoms with Gasteiger partial charge in [-0.25, -0.2) is 0 Å². The van der Waals surface area contributed by atoms with Crippen molar-refractivity contribution in [3.8, 4) is 0 Å². The quantitative estimate of drug-likeness (QED) is 0.783. The number of amides is 1. The molecule has 1 aromatic rings. The van der Waals surface area contributed by atoms with Crippen molar-refractivity contribution in [1.82, 2.24) is 4.90 Å². The number of carbonyl (C=O) groups excluding carboxylic acids is 1. The predicted octanol–water partition coefficient (Wildman–Crippen LogP) is 2.84. The molecule has 1 unspecified atom stereocenters. The number of aryl methyl sites for hydroxylation is 1. The van der Waals surface area contributed by atoms with E-state index in [4.69, 9.17) is 4.42 Å². The zero-order valence-electron chi connectivity index (χ0n) is 9.41. The Hall–Kier alpha value is -0.770. The van der Waals surface area contributed by atoms with Gasteiger partial charge in [0.15, 0.2) is 0 Å². The first kappa shape index (κ1) is 11.7. The summed E-state index contributed by atoms with van der Waals surface area (Å²) in [5, 5.41) is 0. The molecule has 16 heavy (non-hydrogen) atoms. The summed E-state index contributed by atoms with van der Waals surface area (Å²) in [7, 11) is 0. The zero-order valence-corrected chi connectivity index (χ0v) is 11.0. The summed E-state index contributed by atoms with van der Waals surface area (Å²) in [4.78, 5) is 14.6. The molecular weight excluding hydrogens is 270 g/mol. The highest BCUT2D eigenvalue weighted by Crippen LogP contribution is 2.20. The van der Waals surface area contributed by atoms with Gasteiger partial charge in [-0.05, 0) is 18.9 Å². The molecule has 0 saturated carbocycles. The van der Waals surface area contributed by atoms with E-state index in [-0.39, 0.29) is 5.91 Å². The third-order valence-electron chi connectivity index (χ3n) is 2.95. The summed E-state index contributed by atoms with van der Waals surface area (Å²) in [5.41, 5.74) is 0.726. The molecule has 1 amide bonds. The molecule has 4 heteroatoms. The molecule has 2 rings (SSSR count). The molecule has 2 heterocycles. The number of alkyl halides is 1. The molecular formula is C12H16BrNO2. The van der Waals surface area contributed by atoms with E-state index in [9.17, 15) is 4.79 Å². The van der Waals surface area contributed by atoms with Crippen molar-refractivity contribution in [2.75, 3.05) is 13.1 Å². The monoisotopic (exact) mass is 285 g/mol. The van der Waals surface area contributed by atoms with Crippen LogP contribution in [0.4, 0.5) is 0 Å². The van der Waals surface area contributed by atoms with Crippen LogP contribution in [-0.4, -0.2) is 28.7 Å². The van der Waals surface area contributed by atoms with Crippen molar-refractivity contribution in [3.63, 3.8) is 0 Å². The number of likely N-dealkylation sites (tertiary alicyclic amines) is 1. The molecule has 0 aromatic carbocycles. The fraction of sp³-hybridized carbons (Fsp3) is 0.583. The van der Waals surface area contributed by atoms with Crippen molar-refractivity contribution in [3.05, 3.63) is 23.7 Å². The van der Waals surface area contributed by atoms with Crippen molar-refractivity contribution in [2.24, 2.45) is 0 Å². The number of hydrogen-bond donors (Lipinski definition) is 0. The van der Waals surface area contributed by atoms with Gasteiger partial charge in [0.2, 0.25) is 0 Å². The Morgan fingerprint density at radius 2 is 2.50 bits per heavy atom. The third-order valence-corrected chi connectivity index (χ3v) is 3.70. The molecule has 1 fully saturated rings. The van der Waals surface area contributed by atoms with Crippen molar-refractivity contribution in [1.29, 1.82) is 0 Å². The van der Waals surface area contributed by atoms with Gasteiger partial charge in [-0.15, -0.1) is 0 Å². The highest BCUT2D eigenvalue weighted by atomic mass is 79.9. The van der Waals surface area contributed by atoms with Crippen LogP contribution in [0.5, 0.6) is 0 Å². The number of piperidine rings is 1. The first-order valence-corrected chi connectivity index (χ1v) is 6.63. The minimum absolute atomic E-state index is 0.106. The van der Waals surface area contributed by atoms with Crippen LogP contribution in [0.25, 0.3) is 0 Å². The van der Waals surface area contributed by atoms with Crippen molar-refractivity contribution < 1.29 is 9.21 Å². The van der Waals surface area contributed by atoms with E-state index < -0.39 is 0 Å². The van der Waals surface area contributed by atoms with Gasteiger partial charge in [-0.3, -0.25) is 4.79 Å². The maximum atomic E-state index is 12.2. The van der Waals surface area contributed by atoms with E-state index in [0.29, 0.717) is 4.83 Å². The summed E-state index contributed by atoms with van der Waals surface area (Å²) < 4.78 is 5.29. The Kier molecular flexibility index (Phi) is 3.69. The molecule has 0 bridgehead atoms. The van der Waals surface area contributed by atoms with Crippen LogP contribution in [0.15, 0.2) is 16.7 Å².